The van der Waals surface area contributed by atoms with E-state index in [0.717, 1.165) is 23.8 Å². The van der Waals surface area contributed by atoms with E-state index in [9.17, 15) is 4.79 Å². The summed E-state index contributed by atoms with van der Waals surface area (Å²) >= 11 is 1.69. The maximum Gasteiger partial charge on any atom is 0.305 e. The third kappa shape index (κ3) is 3.28. The van der Waals surface area contributed by atoms with Gasteiger partial charge in [-0.3, -0.25) is 9.69 Å². The molecule has 5 nitrogen and oxygen atoms in total. The minimum atomic E-state index is -0.771. The number of carbonyl (C=O) groups is 1. The summed E-state index contributed by atoms with van der Waals surface area (Å²) in [6.07, 6.45) is 0.136. The Morgan fingerprint density at radius 3 is 3.00 bits per heavy atom. The molecule has 100 valence electrons. The largest absolute Gasteiger partial charge is 0.481 e. The first-order valence-electron chi connectivity index (χ1n) is 6.02. The number of hydrogen-bond donors (Lipinski definition) is 1. The fraction of sp³-hybridized carbons (Fsp3) is 0.667. The number of ether oxygens (including phenoxy) is 1. The zero-order valence-corrected chi connectivity index (χ0v) is 11.5. The Labute approximate surface area is 110 Å². The van der Waals surface area contributed by atoms with Crippen molar-refractivity contribution in [1.82, 2.24) is 9.88 Å². The number of rotatable bonds is 4. The van der Waals surface area contributed by atoms with Gasteiger partial charge in [0, 0.05) is 24.0 Å². The van der Waals surface area contributed by atoms with Crippen LogP contribution in [-0.2, 0) is 16.1 Å². The lowest BCUT2D eigenvalue weighted by Crippen LogP contribution is -2.45. The summed E-state index contributed by atoms with van der Waals surface area (Å²) in [7, 11) is 0. The van der Waals surface area contributed by atoms with Gasteiger partial charge in [0.2, 0.25) is 0 Å². The van der Waals surface area contributed by atoms with Crippen molar-refractivity contribution in [2.24, 2.45) is 0 Å². The molecule has 1 aromatic heterocycles. The number of morpholine rings is 1. The molecule has 1 fully saturated rings. The summed E-state index contributed by atoms with van der Waals surface area (Å²) in [4.78, 5) is 18.7. The predicted molar refractivity (Wildman–Crippen MR) is 68.9 cm³/mol. The minimum absolute atomic E-state index is 0.0296. The summed E-state index contributed by atoms with van der Waals surface area (Å²) in [6, 6.07) is -0.0296. The van der Waals surface area contributed by atoms with Crippen molar-refractivity contribution in [1.29, 1.82) is 0 Å². The van der Waals surface area contributed by atoms with E-state index in [-0.39, 0.29) is 12.5 Å². The molecule has 0 amide bonds. The van der Waals surface area contributed by atoms with E-state index in [2.05, 4.69) is 9.88 Å². The maximum absolute atomic E-state index is 10.8. The number of aromatic nitrogens is 1. The average Bonchev–Trinajstić information content (AvgIpc) is 2.59. The van der Waals surface area contributed by atoms with Crippen LogP contribution in [0.5, 0.6) is 0 Å². The Hall–Kier alpha value is -0.980. The molecule has 2 rings (SSSR count). The highest BCUT2D eigenvalue weighted by molar-refractivity contribution is 7.11. The Balaban J connectivity index is 2.05. The van der Waals surface area contributed by atoms with Gasteiger partial charge in [0.1, 0.15) is 0 Å². The first-order chi connectivity index (χ1) is 8.56. The summed E-state index contributed by atoms with van der Waals surface area (Å²) in [5, 5.41) is 9.98. The van der Waals surface area contributed by atoms with Gasteiger partial charge in [0.05, 0.1) is 30.3 Å². The second-order valence-electron chi connectivity index (χ2n) is 4.54. The van der Waals surface area contributed by atoms with Gasteiger partial charge in [-0.25, -0.2) is 4.98 Å². The molecule has 0 aromatic carbocycles. The normalized spacial score (nSPS) is 21.1. The van der Waals surface area contributed by atoms with Crippen molar-refractivity contribution >= 4 is 17.3 Å². The van der Waals surface area contributed by atoms with Crippen molar-refractivity contribution in [3.8, 4) is 0 Å². The van der Waals surface area contributed by atoms with Crippen LogP contribution in [0, 0.1) is 13.8 Å². The highest BCUT2D eigenvalue weighted by Gasteiger charge is 2.26. The molecule has 1 N–H and O–H groups in total. The lowest BCUT2D eigenvalue weighted by atomic mass is 10.1. The van der Waals surface area contributed by atoms with E-state index >= 15 is 0 Å². The van der Waals surface area contributed by atoms with E-state index in [4.69, 9.17) is 9.84 Å². The van der Waals surface area contributed by atoms with E-state index < -0.39 is 5.97 Å². The first-order valence-corrected chi connectivity index (χ1v) is 6.84. The summed E-state index contributed by atoms with van der Waals surface area (Å²) in [5.41, 5.74) is 1.05. The van der Waals surface area contributed by atoms with E-state index in [1.807, 2.05) is 13.8 Å². The standard InChI is InChI=1S/C12H18N2O3S/c1-8-11(18-9(2)13-8)6-14-3-4-17-7-10(14)5-12(15)16/h10H,3-7H2,1-2H3,(H,15,16). The average molecular weight is 270 g/mol. The van der Waals surface area contributed by atoms with Gasteiger partial charge in [-0.05, 0) is 13.8 Å². The Morgan fingerprint density at radius 2 is 2.39 bits per heavy atom. The molecular formula is C12H18N2O3S. The van der Waals surface area contributed by atoms with Crippen molar-refractivity contribution in [2.75, 3.05) is 19.8 Å². The molecular weight excluding hydrogens is 252 g/mol. The molecule has 0 aliphatic carbocycles. The third-order valence-corrected chi connectivity index (χ3v) is 4.16. The van der Waals surface area contributed by atoms with E-state index in [1.165, 1.54) is 4.88 Å². The van der Waals surface area contributed by atoms with Crippen LogP contribution in [0.15, 0.2) is 0 Å². The van der Waals surface area contributed by atoms with Crippen molar-refractivity contribution in [3.05, 3.63) is 15.6 Å². The molecule has 0 radical (unpaired) electrons. The lowest BCUT2D eigenvalue weighted by molar-refractivity contribution is -0.140. The summed E-state index contributed by atoms with van der Waals surface area (Å²) < 4.78 is 5.37. The second-order valence-corrected chi connectivity index (χ2v) is 5.83. The Kier molecular flexibility index (Phi) is 4.31. The van der Waals surface area contributed by atoms with Crippen LogP contribution in [0.4, 0.5) is 0 Å². The second kappa shape index (κ2) is 5.77. The van der Waals surface area contributed by atoms with Crippen LogP contribution in [-0.4, -0.2) is 46.8 Å². The van der Waals surface area contributed by atoms with Crippen LogP contribution < -0.4 is 0 Å². The highest BCUT2D eigenvalue weighted by atomic mass is 32.1. The van der Waals surface area contributed by atoms with Gasteiger partial charge in [-0.15, -0.1) is 11.3 Å². The third-order valence-electron chi connectivity index (χ3n) is 3.11. The zero-order valence-electron chi connectivity index (χ0n) is 10.7. The predicted octanol–water partition coefficient (Wildman–Crippen LogP) is 1.44. The van der Waals surface area contributed by atoms with Crippen LogP contribution >= 0.6 is 11.3 Å². The van der Waals surface area contributed by atoms with Crippen LogP contribution in [0.2, 0.25) is 0 Å². The summed E-state index contributed by atoms with van der Waals surface area (Å²) in [6.45, 7) is 6.74. The van der Waals surface area contributed by atoms with Crippen molar-refractivity contribution < 1.29 is 14.6 Å². The number of nitrogens with zero attached hydrogens (tertiary/aromatic N) is 2. The van der Waals surface area contributed by atoms with Gasteiger partial charge in [-0.1, -0.05) is 0 Å². The van der Waals surface area contributed by atoms with Gasteiger partial charge in [0.25, 0.3) is 0 Å². The molecule has 18 heavy (non-hydrogen) atoms. The molecule has 1 unspecified atom stereocenters. The molecule has 0 spiro atoms. The number of hydrogen-bond acceptors (Lipinski definition) is 5. The number of aliphatic carboxylic acids is 1. The Morgan fingerprint density at radius 1 is 1.61 bits per heavy atom. The molecule has 1 aliphatic rings. The molecule has 0 saturated carbocycles. The fourth-order valence-electron chi connectivity index (χ4n) is 2.19. The quantitative estimate of drug-likeness (QED) is 0.897. The number of aryl methyl sites for hydroxylation is 2. The molecule has 1 atom stereocenters. The van der Waals surface area contributed by atoms with Crippen LogP contribution in [0.25, 0.3) is 0 Å². The molecule has 2 heterocycles. The monoisotopic (exact) mass is 270 g/mol. The summed E-state index contributed by atoms with van der Waals surface area (Å²) in [5.74, 6) is -0.771. The van der Waals surface area contributed by atoms with Crippen molar-refractivity contribution in [3.63, 3.8) is 0 Å². The number of thiazole rings is 1. The van der Waals surface area contributed by atoms with Gasteiger partial charge in [0.15, 0.2) is 0 Å². The lowest BCUT2D eigenvalue weighted by Gasteiger charge is -2.34. The molecule has 6 heteroatoms. The molecule has 1 aromatic rings. The van der Waals surface area contributed by atoms with Gasteiger partial charge >= 0.3 is 5.97 Å². The first kappa shape index (κ1) is 13.5. The zero-order chi connectivity index (χ0) is 13.1. The SMILES string of the molecule is Cc1nc(C)c(CN2CCOCC2CC(=O)O)s1. The Bertz CT molecular complexity index is 433. The van der Waals surface area contributed by atoms with Gasteiger partial charge < -0.3 is 9.84 Å². The number of carboxylic acid groups (broad SMARTS) is 1. The van der Waals surface area contributed by atoms with Crippen LogP contribution in [0.1, 0.15) is 22.0 Å². The van der Waals surface area contributed by atoms with Gasteiger partial charge in [-0.2, -0.15) is 0 Å². The number of carboxylic acids is 1. The molecule has 1 aliphatic heterocycles. The topological polar surface area (TPSA) is 62.7 Å². The maximum atomic E-state index is 10.8. The fourth-order valence-corrected chi connectivity index (χ4v) is 3.15. The van der Waals surface area contributed by atoms with E-state index in [1.54, 1.807) is 11.3 Å². The molecule has 1 saturated heterocycles. The van der Waals surface area contributed by atoms with Crippen molar-refractivity contribution in [2.45, 2.75) is 32.9 Å². The smallest absolute Gasteiger partial charge is 0.305 e. The minimum Gasteiger partial charge on any atom is -0.481 e. The van der Waals surface area contributed by atoms with E-state index in [0.29, 0.717) is 13.2 Å². The highest BCUT2D eigenvalue weighted by Crippen LogP contribution is 2.22. The molecule has 0 bridgehead atoms. The van der Waals surface area contributed by atoms with Crippen LogP contribution in [0.3, 0.4) is 0 Å².